The van der Waals surface area contributed by atoms with E-state index in [2.05, 4.69) is 10.3 Å². The molecule has 1 aliphatic rings. The van der Waals surface area contributed by atoms with Crippen LogP contribution in [0.15, 0.2) is 49.6 Å². The number of rotatable bonds is 8. The van der Waals surface area contributed by atoms with Crippen molar-refractivity contribution in [2.45, 2.75) is 44.7 Å². The average molecular weight is 516 g/mol. The van der Waals surface area contributed by atoms with Crippen LogP contribution in [-0.4, -0.2) is 44.9 Å². The van der Waals surface area contributed by atoms with E-state index in [1.807, 2.05) is 0 Å². The standard InChI is InChI=1S/C24H26FN5O5S/c1-15-20(16(2)35-27-15)12-29-21-5-4-18(36(33,34)14-24(13-25)6-7-24)8-19(21)22(31)30(23(29)32)11-17-9-26-28(3)10-17/h4-5,8-10H,6-7,11-14H2,1-3H3. The molecule has 0 radical (unpaired) electrons. The van der Waals surface area contributed by atoms with Crippen LogP contribution in [0.4, 0.5) is 4.39 Å². The molecule has 36 heavy (non-hydrogen) atoms. The van der Waals surface area contributed by atoms with Gasteiger partial charge in [-0.3, -0.25) is 23.0 Å². The first-order chi connectivity index (χ1) is 17.0. The lowest BCUT2D eigenvalue weighted by Crippen LogP contribution is -2.40. The Hall–Kier alpha value is -3.54. The molecule has 4 aromatic rings. The van der Waals surface area contributed by atoms with Gasteiger partial charge in [0.1, 0.15) is 5.76 Å². The van der Waals surface area contributed by atoms with E-state index >= 15 is 0 Å². The molecule has 10 nitrogen and oxygen atoms in total. The predicted molar refractivity (Wildman–Crippen MR) is 130 cm³/mol. The molecule has 0 atom stereocenters. The monoisotopic (exact) mass is 515 g/mol. The van der Waals surface area contributed by atoms with Crippen molar-refractivity contribution in [3.8, 4) is 0 Å². The number of fused-ring (bicyclic) bond motifs is 1. The zero-order valence-electron chi connectivity index (χ0n) is 20.2. The van der Waals surface area contributed by atoms with Crippen molar-refractivity contribution < 1.29 is 17.3 Å². The van der Waals surface area contributed by atoms with Crippen LogP contribution in [0, 0.1) is 19.3 Å². The van der Waals surface area contributed by atoms with Crippen molar-refractivity contribution in [1.29, 1.82) is 0 Å². The van der Waals surface area contributed by atoms with Gasteiger partial charge in [0.25, 0.3) is 5.56 Å². The van der Waals surface area contributed by atoms with E-state index in [0.29, 0.717) is 35.4 Å². The summed E-state index contributed by atoms with van der Waals surface area (Å²) in [5.74, 6) is 0.225. The Bertz CT molecular complexity index is 1690. The highest BCUT2D eigenvalue weighted by molar-refractivity contribution is 7.91. The zero-order chi connectivity index (χ0) is 25.8. The number of halogens is 1. The number of nitrogens with zero attached hydrogens (tertiary/aromatic N) is 5. The summed E-state index contributed by atoms with van der Waals surface area (Å²) in [7, 11) is -2.12. The fourth-order valence-corrected chi connectivity index (χ4v) is 6.40. The first kappa shape index (κ1) is 24.2. The molecule has 1 aromatic carbocycles. The molecule has 3 heterocycles. The van der Waals surface area contributed by atoms with Gasteiger partial charge in [-0.1, -0.05) is 5.16 Å². The Balaban J connectivity index is 1.70. The molecule has 0 N–H and O–H groups in total. The van der Waals surface area contributed by atoms with Crippen LogP contribution in [0.3, 0.4) is 0 Å². The van der Waals surface area contributed by atoms with E-state index in [0.717, 1.165) is 4.57 Å². The first-order valence-corrected chi connectivity index (χ1v) is 13.1. The first-order valence-electron chi connectivity index (χ1n) is 11.5. The molecule has 0 bridgehead atoms. The molecule has 1 saturated carbocycles. The van der Waals surface area contributed by atoms with Gasteiger partial charge in [0.05, 0.1) is 53.2 Å². The molecule has 12 heteroatoms. The Morgan fingerprint density at radius 1 is 1.14 bits per heavy atom. The lowest BCUT2D eigenvalue weighted by molar-refractivity contribution is 0.367. The van der Waals surface area contributed by atoms with E-state index in [9.17, 15) is 22.4 Å². The molecule has 0 unspecified atom stereocenters. The van der Waals surface area contributed by atoms with E-state index in [1.54, 1.807) is 38.0 Å². The largest absolute Gasteiger partial charge is 0.361 e. The summed E-state index contributed by atoms with van der Waals surface area (Å²) in [6.07, 6.45) is 4.29. The van der Waals surface area contributed by atoms with Crippen LogP contribution < -0.4 is 11.2 Å². The smallest absolute Gasteiger partial charge is 0.332 e. The van der Waals surface area contributed by atoms with Gasteiger partial charge >= 0.3 is 5.69 Å². The van der Waals surface area contributed by atoms with E-state index in [-0.39, 0.29) is 34.6 Å². The van der Waals surface area contributed by atoms with E-state index in [1.165, 1.54) is 22.8 Å². The fraction of sp³-hybridized carbons (Fsp3) is 0.417. The van der Waals surface area contributed by atoms with Crippen LogP contribution in [0.1, 0.15) is 35.4 Å². The molecule has 5 rings (SSSR count). The highest BCUT2D eigenvalue weighted by Crippen LogP contribution is 2.47. The summed E-state index contributed by atoms with van der Waals surface area (Å²) in [5, 5.41) is 8.12. The van der Waals surface area contributed by atoms with Gasteiger partial charge in [-0.25, -0.2) is 13.2 Å². The molecule has 0 saturated heterocycles. The molecule has 0 spiro atoms. The highest BCUT2D eigenvalue weighted by atomic mass is 32.2. The summed E-state index contributed by atoms with van der Waals surface area (Å²) in [6, 6.07) is 4.14. The number of benzene rings is 1. The number of hydrogen-bond acceptors (Lipinski definition) is 7. The predicted octanol–water partition coefficient (Wildman–Crippen LogP) is 2.12. The second-order valence-electron chi connectivity index (χ2n) is 9.66. The summed E-state index contributed by atoms with van der Waals surface area (Å²) >= 11 is 0. The second kappa shape index (κ2) is 8.54. The van der Waals surface area contributed by atoms with Crippen LogP contribution in [0.25, 0.3) is 10.9 Å². The molecule has 1 aliphatic carbocycles. The van der Waals surface area contributed by atoms with Gasteiger partial charge in [0, 0.05) is 29.8 Å². The quantitative estimate of drug-likeness (QED) is 0.352. The maximum atomic E-state index is 13.6. The van der Waals surface area contributed by atoms with Crippen LogP contribution in [0.2, 0.25) is 0 Å². The van der Waals surface area contributed by atoms with Gasteiger partial charge in [-0.2, -0.15) is 5.10 Å². The third-order valence-corrected chi connectivity index (χ3v) is 8.85. The van der Waals surface area contributed by atoms with Crippen molar-refractivity contribution in [3.63, 3.8) is 0 Å². The summed E-state index contributed by atoms with van der Waals surface area (Å²) < 4.78 is 48.9. The third kappa shape index (κ3) is 4.19. The fourth-order valence-electron chi connectivity index (χ4n) is 4.49. The summed E-state index contributed by atoms with van der Waals surface area (Å²) in [6.45, 7) is 2.84. The highest BCUT2D eigenvalue weighted by Gasteiger charge is 2.46. The maximum absolute atomic E-state index is 13.6. The molecular weight excluding hydrogens is 489 g/mol. The lowest BCUT2D eigenvalue weighted by atomic mass is 10.2. The number of sulfone groups is 1. The number of hydrogen-bond donors (Lipinski definition) is 0. The summed E-state index contributed by atoms with van der Waals surface area (Å²) in [5.41, 5.74) is 0.230. The van der Waals surface area contributed by atoms with Crippen LogP contribution in [-0.2, 0) is 30.0 Å². The number of alkyl halides is 1. The second-order valence-corrected chi connectivity index (χ2v) is 11.6. The number of aromatic nitrogens is 5. The van der Waals surface area contributed by atoms with Crippen molar-refractivity contribution >= 4 is 20.7 Å². The maximum Gasteiger partial charge on any atom is 0.332 e. The Morgan fingerprint density at radius 3 is 2.47 bits per heavy atom. The molecule has 3 aromatic heterocycles. The van der Waals surface area contributed by atoms with Crippen molar-refractivity contribution in [3.05, 3.63) is 74.0 Å². The van der Waals surface area contributed by atoms with Gasteiger partial charge < -0.3 is 4.52 Å². The minimum Gasteiger partial charge on any atom is -0.361 e. The van der Waals surface area contributed by atoms with Gasteiger partial charge in [-0.15, -0.1) is 0 Å². The Labute approximate surface area is 205 Å². The molecule has 0 amide bonds. The summed E-state index contributed by atoms with van der Waals surface area (Å²) in [4.78, 5) is 27.0. The van der Waals surface area contributed by atoms with E-state index < -0.39 is 33.2 Å². The third-order valence-electron chi connectivity index (χ3n) is 6.89. The zero-order valence-corrected chi connectivity index (χ0v) is 21.0. The topological polar surface area (TPSA) is 122 Å². The van der Waals surface area contributed by atoms with Crippen LogP contribution in [0.5, 0.6) is 0 Å². The minimum absolute atomic E-state index is 0.0367. The molecular formula is C24H26FN5O5S. The average Bonchev–Trinajstić information content (AvgIpc) is 3.37. The number of aryl methyl sites for hydroxylation is 3. The van der Waals surface area contributed by atoms with Gasteiger partial charge in [0.15, 0.2) is 9.84 Å². The Morgan fingerprint density at radius 2 is 1.89 bits per heavy atom. The van der Waals surface area contributed by atoms with Crippen molar-refractivity contribution in [2.24, 2.45) is 12.5 Å². The molecule has 1 fully saturated rings. The van der Waals surface area contributed by atoms with Gasteiger partial charge in [-0.05, 0) is 44.9 Å². The molecule has 190 valence electrons. The Kier molecular flexibility index (Phi) is 5.73. The van der Waals surface area contributed by atoms with Crippen LogP contribution >= 0.6 is 0 Å². The van der Waals surface area contributed by atoms with Gasteiger partial charge in [0.2, 0.25) is 0 Å². The SMILES string of the molecule is Cc1noc(C)c1Cn1c(=O)n(Cc2cnn(C)c2)c(=O)c2cc(S(=O)(=O)CC3(CF)CC3)ccc21. The molecule has 0 aliphatic heterocycles. The van der Waals surface area contributed by atoms with Crippen molar-refractivity contribution in [1.82, 2.24) is 24.1 Å². The lowest BCUT2D eigenvalue weighted by Gasteiger charge is -2.16. The normalized spacial score (nSPS) is 15.0. The minimum atomic E-state index is -3.84. The van der Waals surface area contributed by atoms with Crippen molar-refractivity contribution in [2.75, 3.05) is 12.4 Å². The van der Waals surface area contributed by atoms with E-state index in [4.69, 9.17) is 4.52 Å².